The van der Waals surface area contributed by atoms with Crippen LogP contribution in [0.25, 0.3) is 0 Å². The molecule has 0 radical (unpaired) electrons. The summed E-state index contributed by atoms with van der Waals surface area (Å²) < 4.78 is 0. The zero-order valence-electron chi connectivity index (χ0n) is 19.1. The summed E-state index contributed by atoms with van der Waals surface area (Å²) in [6.45, 7) is 7.96. The zero-order chi connectivity index (χ0) is 22.3. The number of benzene rings is 1. The molecule has 2 fully saturated rings. The Morgan fingerprint density at radius 3 is 2.25 bits per heavy atom. The molecule has 3 aliphatic heterocycles. The van der Waals surface area contributed by atoms with Crippen LogP contribution in [0.3, 0.4) is 0 Å². The number of piperidine rings is 1. The first-order valence-corrected chi connectivity index (χ1v) is 12.3. The number of carbonyl (C=O) groups excluding carboxylic acids is 3. The highest BCUT2D eigenvalue weighted by Crippen LogP contribution is 2.27. The standard InChI is InChI=1S/C25H36N4O3/c30-23-10-11-24(31)29(22-9-3-2-8-21(22)23)15-7-6-12-26-16-18-27(19-17-26)20-25(32)28-13-4-1-5-14-28/h2-3,8-9H,1,4-7,10-20H2. The van der Waals surface area contributed by atoms with Gasteiger partial charge >= 0.3 is 0 Å². The summed E-state index contributed by atoms with van der Waals surface area (Å²) in [5.41, 5.74) is 1.44. The number of Topliss-reactive ketones (excluding diaryl/α,β-unsaturated/α-hetero) is 1. The van der Waals surface area contributed by atoms with Gasteiger partial charge < -0.3 is 14.7 Å². The minimum absolute atomic E-state index is 0.0512. The fraction of sp³-hybridized carbons (Fsp3) is 0.640. The highest BCUT2D eigenvalue weighted by atomic mass is 16.2. The highest BCUT2D eigenvalue weighted by molar-refractivity contribution is 6.10. The predicted molar refractivity (Wildman–Crippen MR) is 125 cm³/mol. The molecule has 174 valence electrons. The largest absolute Gasteiger partial charge is 0.342 e. The monoisotopic (exact) mass is 440 g/mol. The molecule has 0 saturated carbocycles. The Bertz CT molecular complexity index is 813. The van der Waals surface area contributed by atoms with Crippen molar-refractivity contribution in [2.75, 3.05) is 63.8 Å². The van der Waals surface area contributed by atoms with Gasteiger partial charge in [-0.1, -0.05) is 12.1 Å². The number of nitrogens with zero attached hydrogens (tertiary/aromatic N) is 4. The van der Waals surface area contributed by atoms with E-state index in [0.29, 0.717) is 37.4 Å². The van der Waals surface area contributed by atoms with Crippen molar-refractivity contribution in [2.45, 2.75) is 44.9 Å². The van der Waals surface area contributed by atoms with E-state index in [4.69, 9.17) is 0 Å². The van der Waals surface area contributed by atoms with Gasteiger partial charge in [0.05, 0.1) is 12.2 Å². The summed E-state index contributed by atoms with van der Waals surface area (Å²) in [5.74, 6) is 0.405. The molecule has 0 unspecified atom stereocenters. The van der Waals surface area contributed by atoms with Crippen molar-refractivity contribution >= 4 is 23.3 Å². The molecule has 1 aromatic rings. The van der Waals surface area contributed by atoms with Gasteiger partial charge in [-0.3, -0.25) is 19.3 Å². The van der Waals surface area contributed by atoms with Crippen LogP contribution < -0.4 is 4.90 Å². The molecule has 0 bridgehead atoms. The van der Waals surface area contributed by atoms with Crippen LogP contribution in [0.5, 0.6) is 0 Å². The third-order valence-electron chi connectivity index (χ3n) is 7.00. The van der Waals surface area contributed by atoms with E-state index in [1.807, 2.05) is 34.1 Å². The summed E-state index contributed by atoms with van der Waals surface area (Å²) in [6, 6.07) is 7.48. The van der Waals surface area contributed by atoms with Gasteiger partial charge in [-0.05, 0) is 50.8 Å². The van der Waals surface area contributed by atoms with Crippen molar-refractivity contribution in [3.63, 3.8) is 0 Å². The van der Waals surface area contributed by atoms with E-state index in [1.54, 1.807) is 0 Å². The molecule has 0 aromatic heterocycles. The zero-order valence-corrected chi connectivity index (χ0v) is 19.1. The molecule has 3 aliphatic rings. The van der Waals surface area contributed by atoms with Gasteiger partial charge in [-0.25, -0.2) is 0 Å². The van der Waals surface area contributed by atoms with E-state index in [0.717, 1.165) is 77.2 Å². The number of fused-ring (bicyclic) bond motifs is 1. The van der Waals surface area contributed by atoms with Crippen LogP contribution in [0.15, 0.2) is 24.3 Å². The predicted octanol–water partition coefficient (Wildman–Crippen LogP) is 2.41. The molecule has 4 rings (SSSR count). The van der Waals surface area contributed by atoms with Crippen molar-refractivity contribution in [2.24, 2.45) is 0 Å². The summed E-state index contributed by atoms with van der Waals surface area (Å²) >= 11 is 0. The van der Waals surface area contributed by atoms with Crippen molar-refractivity contribution < 1.29 is 14.4 Å². The van der Waals surface area contributed by atoms with Gasteiger partial charge in [0.15, 0.2) is 5.78 Å². The molecule has 0 spiro atoms. The maximum atomic E-state index is 12.6. The first-order valence-electron chi connectivity index (χ1n) is 12.3. The number of anilines is 1. The average Bonchev–Trinajstić information content (AvgIpc) is 2.95. The lowest BCUT2D eigenvalue weighted by molar-refractivity contribution is -0.133. The number of carbonyl (C=O) groups is 3. The number of ketones is 1. The van der Waals surface area contributed by atoms with Gasteiger partial charge in [0.1, 0.15) is 0 Å². The molecule has 2 saturated heterocycles. The second-order valence-corrected chi connectivity index (χ2v) is 9.25. The Morgan fingerprint density at radius 1 is 0.781 bits per heavy atom. The topological polar surface area (TPSA) is 64.2 Å². The Hall–Kier alpha value is -2.25. The summed E-state index contributed by atoms with van der Waals surface area (Å²) in [7, 11) is 0. The van der Waals surface area contributed by atoms with Gasteiger partial charge in [-0.2, -0.15) is 0 Å². The molecular formula is C25H36N4O3. The van der Waals surface area contributed by atoms with E-state index >= 15 is 0 Å². The lowest BCUT2D eigenvalue weighted by Gasteiger charge is -2.36. The molecular weight excluding hydrogens is 404 g/mol. The Kier molecular flexibility index (Phi) is 7.92. The lowest BCUT2D eigenvalue weighted by atomic mass is 10.1. The maximum absolute atomic E-state index is 12.6. The van der Waals surface area contributed by atoms with Crippen molar-refractivity contribution in [1.82, 2.24) is 14.7 Å². The number of likely N-dealkylation sites (tertiary alicyclic amines) is 1. The number of rotatable bonds is 7. The summed E-state index contributed by atoms with van der Waals surface area (Å²) in [5, 5.41) is 0. The van der Waals surface area contributed by atoms with Gasteiger partial charge in [0.2, 0.25) is 11.8 Å². The Labute approximate surface area is 191 Å². The van der Waals surface area contributed by atoms with Crippen LogP contribution in [-0.4, -0.2) is 91.2 Å². The molecule has 2 amide bonds. The molecule has 7 nitrogen and oxygen atoms in total. The normalized spacial score (nSPS) is 20.9. The molecule has 32 heavy (non-hydrogen) atoms. The second kappa shape index (κ2) is 11.1. The third-order valence-corrected chi connectivity index (χ3v) is 7.00. The third kappa shape index (κ3) is 5.75. The molecule has 1 aromatic carbocycles. The Morgan fingerprint density at radius 2 is 1.47 bits per heavy atom. The number of unbranched alkanes of at least 4 members (excludes halogenated alkanes) is 1. The van der Waals surface area contributed by atoms with Crippen molar-refractivity contribution in [3.8, 4) is 0 Å². The number of piperazine rings is 1. The van der Waals surface area contributed by atoms with Crippen LogP contribution in [0.2, 0.25) is 0 Å². The number of amides is 2. The second-order valence-electron chi connectivity index (χ2n) is 9.25. The quantitative estimate of drug-likeness (QED) is 0.610. The smallest absolute Gasteiger partial charge is 0.236 e. The minimum atomic E-state index is 0.0512. The van der Waals surface area contributed by atoms with Crippen LogP contribution in [0.1, 0.15) is 55.3 Å². The first kappa shape index (κ1) is 22.9. The van der Waals surface area contributed by atoms with E-state index in [-0.39, 0.29) is 11.7 Å². The van der Waals surface area contributed by atoms with E-state index < -0.39 is 0 Å². The van der Waals surface area contributed by atoms with Gasteiger partial charge in [-0.15, -0.1) is 0 Å². The minimum Gasteiger partial charge on any atom is -0.342 e. The first-order chi connectivity index (χ1) is 15.6. The lowest BCUT2D eigenvalue weighted by Crippen LogP contribution is -2.50. The molecule has 7 heteroatoms. The number of hydrogen-bond acceptors (Lipinski definition) is 5. The molecule has 0 aliphatic carbocycles. The van der Waals surface area contributed by atoms with Crippen LogP contribution in [-0.2, 0) is 9.59 Å². The Balaban J connectivity index is 1.17. The van der Waals surface area contributed by atoms with Gasteiger partial charge in [0, 0.05) is 64.2 Å². The van der Waals surface area contributed by atoms with E-state index in [2.05, 4.69) is 9.80 Å². The molecule has 3 heterocycles. The maximum Gasteiger partial charge on any atom is 0.236 e. The average molecular weight is 441 g/mol. The highest BCUT2D eigenvalue weighted by Gasteiger charge is 2.26. The van der Waals surface area contributed by atoms with Crippen LogP contribution in [0.4, 0.5) is 5.69 Å². The fourth-order valence-corrected chi connectivity index (χ4v) is 5.03. The summed E-state index contributed by atoms with van der Waals surface area (Å²) in [6.07, 6.45) is 6.07. The molecule has 0 atom stereocenters. The number of hydrogen-bond donors (Lipinski definition) is 0. The van der Waals surface area contributed by atoms with Crippen molar-refractivity contribution in [1.29, 1.82) is 0 Å². The van der Waals surface area contributed by atoms with E-state index in [1.165, 1.54) is 6.42 Å². The van der Waals surface area contributed by atoms with E-state index in [9.17, 15) is 14.4 Å². The summed E-state index contributed by atoms with van der Waals surface area (Å²) in [4.78, 5) is 46.0. The SMILES string of the molecule is O=C1CCC(=O)N(CCCCN2CCN(CC(=O)N3CCCCC3)CC2)c2ccccc21. The van der Waals surface area contributed by atoms with Gasteiger partial charge in [0.25, 0.3) is 0 Å². The molecule has 0 N–H and O–H groups in total. The number of para-hydroxylation sites is 1. The fourth-order valence-electron chi connectivity index (χ4n) is 5.03. The van der Waals surface area contributed by atoms with Crippen LogP contribution >= 0.6 is 0 Å². The van der Waals surface area contributed by atoms with Crippen LogP contribution in [0, 0.1) is 0 Å². The van der Waals surface area contributed by atoms with Crippen molar-refractivity contribution in [3.05, 3.63) is 29.8 Å².